The number of hydrogen-bond acceptors (Lipinski definition) is 4. The Balaban J connectivity index is 1.87. The van der Waals surface area contributed by atoms with E-state index in [-0.39, 0.29) is 10.6 Å². The van der Waals surface area contributed by atoms with Gasteiger partial charge in [-0.2, -0.15) is 0 Å². The lowest BCUT2D eigenvalue weighted by Crippen LogP contribution is -2.37. The molecular weight excluding hydrogens is 384 g/mol. The van der Waals surface area contributed by atoms with Gasteiger partial charge in [0.05, 0.1) is 16.3 Å². The average molecular weight is 409 g/mol. The maximum absolute atomic E-state index is 12.7. The zero-order chi connectivity index (χ0) is 19.7. The van der Waals surface area contributed by atoms with Gasteiger partial charge in [0.2, 0.25) is 10.0 Å². The van der Waals surface area contributed by atoms with Crippen molar-refractivity contribution in [1.29, 1.82) is 0 Å². The van der Waals surface area contributed by atoms with Gasteiger partial charge in [0.15, 0.2) is 0 Å². The molecule has 0 unspecified atom stereocenters. The van der Waals surface area contributed by atoms with Gasteiger partial charge in [-0.1, -0.05) is 19.1 Å². The number of hydrogen-bond donors (Lipinski definition) is 1. The molecule has 1 saturated heterocycles. The van der Waals surface area contributed by atoms with Crippen LogP contribution in [0.5, 0.6) is 0 Å². The number of nitrogens with one attached hydrogen (secondary N) is 1. The van der Waals surface area contributed by atoms with Crippen LogP contribution in [0.3, 0.4) is 0 Å². The molecule has 2 aromatic rings. The summed E-state index contributed by atoms with van der Waals surface area (Å²) in [5.41, 5.74) is 2.64. The summed E-state index contributed by atoms with van der Waals surface area (Å²) in [6, 6.07) is 11.9. The molecule has 1 N–H and O–H groups in total. The third-order valence-corrected chi connectivity index (χ3v) is 8.11. The molecule has 1 aliphatic rings. The molecule has 0 aromatic heterocycles. The Kier molecular flexibility index (Phi) is 5.48. The second kappa shape index (κ2) is 7.52. The highest BCUT2D eigenvalue weighted by molar-refractivity contribution is 7.93. The zero-order valence-corrected chi connectivity index (χ0v) is 17.1. The lowest BCUT2D eigenvalue weighted by molar-refractivity contribution is 0.574. The average Bonchev–Trinajstić information content (AvgIpc) is 2.61. The first-order chi connectivity index (χ1) is 12.7. The minimum atomic E-state index is -3.76. The van der Waals surface area contributed by atoms with Crippen LogP contribution in [-0.4, -0.2) is 29.1 Å². The zero-order valence-electron chi connectivity index (χ0n) is 15.5. The largest absolute Gasteiger partial charge is 0.280 e. The number of sulfonamides is 2. The molecule has 0 atom stereocenters. The fraction of sp³-hybridized carbons (Fsp3) is 0.368. The van der Waals surface area contributed by atoms with Crippen LogP contribution in [0.1, 0.15) is 30.9 Å². The first-order valence-corrected chi connectivity index (χ1v) is 12.0. The van der Waals surface area contributed by atoms with Gasteiger partial charge in [-0.15, -0.1) is 0 Å². The van der Waals surface area contributed by atoms with E-state index in [1.54, 1.807) is 31.2 Å². The van der Waals surface area contributed by atoms with Crippen LogP contribution in [0.4, 0.5) is 11.4 Å². The molecule has 146 valence electrons. The molecular formula is C19H24N2O4S2. The summed E-state index contributed by atoms with van der Waals surface area (Å²) < 4.78 is 54.0. The highest BCUT2D eigenvalue weighted by Gasteiger charge is 2.27. The summed E-state index contributed by atoms with van der Waals surface area (Å²) >= 11 is 0. The van der Waals surface area contributed by atoms with Crippen molar-refractivity contribution in [3.8, 4) is 0 Å². The van der Waals surface area contributed by atoms with Gasteiger partial charge >= 0.3 is 0 Å². The fourth-order valence-electron chi connectivity index (χ4n) is 3.19. The maximum atomic E-state index is 12.7. The second-order valence-electron chi connectivity index (χ2n) is 6.70. The predicted molar refractivity (Wildman–Crippen MR) is 108 cm³/mol. The molecule has 6 nitrogen and oxygen atoms in total. The molecule has 2 aromatic carbocycles. The summed E-state index contributed by atoms with van der Waals surface area (Å²) in [7, 11) is -7.09. The Bertz CT molecular complexity index is 1030. The van der Waals surface area contributed by atoms with Crippen LogP contribution in [0.2, 0.25) is 0 Å². The van der Waals surface area contributed by atoms with Crippen molar-refractivity contribution in [2.75, 3.05) is 21.3 Å². The third kappa shape index (κ3) is 4.27. The monoisotopic (exact) mass is 408 g/mol. The predicted octanol–water partition coefficient (Wildman–Crippen LogP) is 3.29. The maximum Gasteiger partial charge on any atom is 0.262 e. The van der Waals surface area contributed by atoms with Gasteiger partial charge in [-0.05, 0) is 67.6 Å². The molecule has 0 spiro atoms. The van der Waals surface area contributed by atoms with Crippen molar-refractivity contribution in [1.82, 2.24) is 0 Å². The summed E-state index contributed by atoms with van der Waals surface area (Å²) in [6.45, 7) is 4.14. The number of rotatable bonds is 5. The van der Waals surface area contributed by atoms with E-state index in [1.165, 1.54) is 10.4 Å². The van der Waals surface area contributed by atoms with Crippen LogP contribution < -0.4 is 9.03 Å². The topological polar surface area (TPSA) is 83.6 Å². The molecule has 0 radical (unpaired) electrons. The Hall–Kier alpha value is -2.06. The molecule has 27 heavy (non-hydrogen) atoms. The van der Waals surface area contributed by atoms with Crippen molar-refractivity contribution in [2.45, 2.75) is 38.0 Å². The SMILES string of the molecule is CCc1ccc(NS(=O)(=O)c2ccc(N3CCCCS3(=O)=O)cc2C)cc1. The van der Waals surface area contributed by atoms with Gasteiger partial charge in [-0.3, -0.25) is 9.03 Å². The summed E-state index contributed by atoms with van der Waals surface area (Å²) in [6.07, 6.45) is 2.34. The Morgan fingerprint density at radius 3 is 2.37 bits per heavy atom. The summed E-state index contributed by atoms with van der Waals surface area (Å²) in [5.74, 6) is 0.126. The van der Waals surface area contributed by atoms with Gasteiger partial charge in [0.25, 0.3) is 10.0 Å². The number of nitrogens with zero attached hydrogens (tertiary/aromatic N) is 1. The van der Waals surface area contributed by atoms with E-state index in [2.05, 4.69) is 4.72 Å². The molecule has 1 heterocycles. The standard InChI is InChI=1S/C19H24N2O4S2/c1-3-16-6-8-17(9-7-16)20-27(24,25)19-11-10-18(14-15(19)2)21-12-4-5-13-26(21,22)23/h6-11,14,20H,3-5,12-13H2,1-2H3. The van der Waals surface area contributed by atoms with E-state index >= 15 is 0 Å². The normalized spacial score (nSPS) is 16.9. The molecule has 0 amide bonds. The van der Waals surface area contributed by atoms with Crippen LogP contribution in [-0.2, 0) is 26.5 Å². The van der Waals surface area contributed by atoms with E-state index in [0.29, 0.717) is 29.9 Å². The first kappa shape index (κ1) is 19.7. The van der Waals surface area contributed by atoms with E-state index in [0.717, 1.165) is 18.4 Å². The van der Waals surface area contributed by atoms with Crippen molar-refractivity contribution in [3.05, 3.63) is 53.6 Å². The summed E-state index contributed by atoms with van der Waals surface area (Å²) in [5, 5.41) is 0. The molecule has 0 bridgehead atoms. The lowest BCUT2D eigenvalue weighted by atomic mass is 10.2. The molecule has 0 aliphatic carbocycles. The smallest absolute Gasteiger partial charge is 0.262 e. The molecule has 0 saturated carbocycles. The van der Waals surface area contributed by atoms with Gasteiger partial charge < -0.3 is 0 Å². The van der Waals surface area contributed by atoms with Crippen LogP contribution in [0.25, 0.3) is 0 Å². The minimum Gasteiger partial charge on any atom is -0.280 e. The van der Waals surface area contributed by atoms with Crippen LogP contribution in [0.15, 0.2) is 47.4 Å². The van der Waals surface area contributed by atoms with Gasteiger partial charge in [-0.25, -0.2) is 16.8 Å². The molecule has 3 rings (SSSR count). The minimum absolute atomic E-state index is 0.126. The van der Waals surface area contributed by atoms with E-state index < -0.39 is 20.0 Å². The van der Waals surface area contributed by atoms with Crippen LogP contribution in [0, 0.1) is 6.92 Å². The lowest BCUT2D eigenvalue weighted by Gasteiger charge is -2.28. The second-order valence-corrected chi connectivity index (χ2v) is 10.4. The van der Waals surface area contributed by atoms with Crippen molar-refractivity contribution in [2.24, 2.45) is 0 Å². The van der Waals surface area contributed by atoms with Gasteiger partial charge in [0, 0.05) is 12.2 Å². The Morgan fingerprint density at radius 2 is 1.78 bits per heavy atom. The van der Waals surface area contributed by atoms with Crippen molar-refractivity contribution >= 4 is 31.4 Å². The highest BCUT2D eigenvalue weighted by atomic mass is 32.2. The van der Waals surface area contributed by atoms with E-state index in [4.69, 9.17) is 0 Å². The van der Waals surface area contributed by atoms with Crippen LogP contribution >= 0.6 is 0 Å². The Morgan fingerprint density at radius 1 is 1.07 bits per heavy atom. The van der Waals surface area contributed by atoms with Crippen molar-refractivity contribution < 1.29 is 16.8 Å². The molecule has 1 aliphatic heterocycles. The number of benzene rings is 2. The fourth-order valence-corrected chi connectivity index (χ4v) is 6.11. The van der Waals surface area contributed by atoms with E-state index in [1.807, 2.05) is 19.1 Å². The first-order valence-electron chi connectivity index (χ1n) is 8.96. The number of aryl methyl sites for hydroxylation is 2. The van der Waals surface area contributed by atoms with Gasteiger partial charge in [0.1, 0.15) is 0 Å². The summed E-state index contributed by atoms with van der Waals surface area (Å²) in [4.78, 5) is 0.139. The molecule has 8 heteroatoms. The Labute approximate surface area is 161 Å². The quantitative estimate of drug-likeness (QED) is 0.823. The number of anilines is 2. The highest BCUT2D eigenvalue weighted by Crippen LogP contribution is 2.28. The molecule has 1 fully saturated rings. The van der Waals surface area contributed by atoms with E-state index in [9.17, 15) is 16.8 Å². The third-order valence-electron chi connectivity index (χ3n) is 4.70. The van der Waals surface area contributed by atoms with Crippen molar-refractivity contribution in [3.63, 3.8) is 0 Å².